The van der Waals surface area contributed by atoms with Crippen LogP contribution < -0.4 is 19.1 Å². The Kier molecular flexibility index (Phi) is 7.62. The lowest BCUT2D eigenvalue weighted by Gasteiger charge is -2.34. The predicted molar refractivity (Wildman–Crippen MR) is 118 cm³/mol. The molecule has 0 unspecified atom stereocenters. The highest BCUT2D eigenvalue weighted by Crippen LogP contribution is 2.34. The van der Waals surface area contributed by atoms with E-state index in [9.17, 15) is 8.42 Å². The molecule has 9 heteroatoms. The van der Waals surface area contributed by atoms with E-state index in [0.29, 0.717) is 17.2 Å². The van der Waals surface area contributed by atoms with Crippen LogP contribution in [0.5, 0.6) is 11.5 Å². The lowest BCUT2D eigenvalue weighted by molar-refractivity contribution is 0.311. The van der Waals surface area contributed by atoms with E-state index in [1.807, 2.05) is 19.1 Å². The van der Waals surface area contributed by atoms with Crippen LogP contribution in [0, 0.1) is 6.92 Å². The van der Waals surface area contributed by atoms with Crippen LogP contribution in [0.15, 0.2) is 41.3 Å². The van der Waals surface area contributed by atoms with Crippen molar-refractivity contribution >= 4 is 33.8 Å². The molecule has 1 fully saturated rings. The molecule has 7 nitrogen and oxygen atoms in total. The third-order valence-corrected chi connectivity index (χ3v) is 6.34. The molecular formula is C20H28ClN3O4S. The smallest absolute Gasteiger partial charge is 0.262 e. The van der Waals surface area contributed by atoms with E-state index in [4.69, 9.17) is 9.47 Å². The number of rotatable bonds is 6. The van der Waals surface area contributed by atoms with Gasteiger partial charge in [0.2, 0.25) is 0 Å². The molecule has 29 heavy (non-hydrogen) atoms. The number of nitrogens with one attached hydrogen (secondary N) is 1. The van der Waals surface area contributed by atoms with E-state index in [0.717, 1.165) is 37.4 Å². The number of halogens is 1. The van der Waals surface area contributed by atoms with Gasteiger partial charge in [-0.05, 0) is 43.8 Å². The Labute approximate surface area is 179 Å². The summed E-state index contributed by atoms with van der Waals surface area (Å²) in [5, 5.41) is 0. The number of likely N-dealkylation sites (N-methyl/N-ethyl adjacent to an activating group) is 1. The molecule has 0 aliphatic carbocycles. The summed E-state index contributed by atoms with van der Waals surface area (Å²) in [5.41, 5.74) is 2.02. The Morgan fingerprint density at radius 1 is 0.966 bits per heavy atom. The largest absolute Gasteiger partial charge is 0.495 e. The molecular weight excluding hydrogens is 414 g/mol. The summed E-state index contributed by atoms with van der Waals surface area (Å²) in [6.07, 6.45) is 0. The first-order valence-electron chi connectivity index (χ1n) is 9.13. The molecule has 0 aromatic heterocycles. The van der Waals surface area contributed by atoms with Crippen LogP contribution in [0.1, 0.15) is 5.56 Å². The SMILES string of the molecule is COc1ccc(S(=O)(=O)Nc2c(C)cccc2OC)cc1N1CCN(C)CC1.Cl. The van der Waals surface area contributed by atoms with E-state index < -0.39 is 10.0 Å². The van der Waals surface area contributed by atoms with E-state index in [1.165, 1.54) is 7.11 Å². The average molecular weight is 442 g/mol. The number of piperazine rings is 1. The summed E-state index contributed by atoms with van der Waals surface area (Å²) >= 11 is 0. The number of sulfonamides is 1. The summed E-state index contributed by atoms with van der Waals surface area (Å²) < 4.78 is 39.6. The van der Waals surface area contributed by atoms with Crippen LogP contribution in [-0.4, -0.2) is 60.8 Å². The van der Waals surface area contributed by atoms with Crippen molar-refractivity contribution in [2.24, 2.45) is 0 Å². The van der Waals surface area contributed by atoms with Gasteiger partial charge < -0.3 is 19.3 Å². The Morgan fingerprint density at radius 3 is 2.24 bits per heavy atom. The molecule has 1 aliphatic heterocycles. The standard InChI is InChI=1S/C20H27N3O4S.ClH/c1-15-6-5-7-19(27-4)20(15)21-28(24,25)16-8-9-18(26-3)17(14-16)23-12-10-22(2)11-13-23;/h5-9,14,21H,10-13H2,1-4H3;1H. The summed E-state index contributed by atoms with van der Waals surface area (Å²) in [6, 6.07) is 10.3. The fraction of sp³-hybridized carbons (Fsp3) is 0.400. The molecule has 3 rings (SSSR count). The zero-order chi connectivity index (χ0) is 20.3. The van der Waals surface area contributed by atoms with Crippen LogP contribution in [0.4, 0.5) is 11.4 Å². The predicted octanol–water partition coefficient (Wildman–Crippen LogP) is 2.99. The molecule has 0 bridgehead atoms. The molecule has 1 aliphatic rings. The molecule has 2 aromatic carbocycles. The van der Waals surface area contributed by atoms with Crippen LogP contribution in [0.3, 0.4) is 0 Å². The van der Waals surface area contributed by atoms with Gasteiger partial charge in [0.25, 0.3) is 10.0 Å². The number of hydrogen-bond donors (Lipinski definition) is 1. The van der Waals surface area contributed by atoms with E-state index in [-0.39, 0.29) is 17.3 Å². The molecule has 160 valence electrons. The number of anilines is 2. The normalized spacial score (nSPS) is 14.8. The van der Waals surface area contributed by atoms with E-state index in [2.05, 4.69) is 21.6 Å². The minimum atomic E-state index is -3.79. The number of methoxy groups -OCH3 is 2. The zero-order valence-electron chi connectivity index (χ0n) is 17.1. The molecule has 1 N–H and O–H groups in total. The zero-order valence-corrected chi connectivity index (χ0v) is 18.8. The molecule has 1 heterocycles. The Bertz CT molecular complexity index is 945. The van der Waals surface area contributed by atoms with Crippen molar-refractivity contribution in [2.75, 3.05) is 57.1 Å². The molecule has 0 saturated carbocycles. The number of nitrogens with zero attached hydrogens (tertiary/aromatic N) is 2. The summed E-state index contributed by atoms with van der Waals surface area (Å²) in [4.78, 5) is 4.59. The second-order valence-corrected chi connectivity index (χ2v) is 8.56. The maximum atomic E-state index is 13.1. The number of hydrogen-bond acceptors (Lipinski definition) is 6. The van der Waals surface area contributed by atoms with Gasteiger partial charge in [-0.3, -0.25) is 4.72 Å². The third kappa shape index (κ3) is 5.07. The van der Waals surface area contributed by atoms with Crippen molar-refractivity contribution in [1.29, 1.82) is 0 Å². The summed E-state index contributed by atoms with van der Waals surface area (Å²) in [7, 11) is 1.41. The Hall–Kier alpha value is -2.16. The topological polar surface area (TPSA) is 71.1 Å². The minimum absolute atomic E-state index is 0. The molecule has 0 spiro atoms. The summed E-state index contributed by atoms with van der Waals surface area (Å²) in [5.74, 6) is 1.15. The molecule has 1 saturated heterocycles. The lowest BCUT2D eigenvalue weighted by atomic mass is 10.2. The quantitative estimate of drug-likeness (QED) is 0.743. The molecule has 0 amide bonds. The van der Waals surface area contributed by atoms with Crippen molar-refractivity contribution in [3.8, 4) is 11.5 Å². The van der Waals surface area contributed by atoms with Gasteiger partial charge >= 0.3 is 0 Å². The maximum absolute atomic E-state index is 13.1. The average Bonchev–Trinajstić information content (AvgIpc) is 2.69. The second-order valence-electron chi connectivity index (χ2n) is 6.88. The first-order chi connectivity index (χ1) is 13.4. The highest BCUT2D eigenvalue weighted by Gasteiger charge is 2.23. The van der Waals surface area contributed by atoms with E-state index in [1.54, 1.807) is 31.4 Å². The number of ether oxygens (including phenoxy) is 2. The van der Waals surface area contributed by atoms with Crippen LogP contribution in [0.25, 0.3) is 0 Å². The van der Waals surface area contributed by atoms with Crippen molar-refractivity contribution in [2.45, 2.75) is 11.8 Å². The molecule has 0 radical (unpaired) electrons. The third-order valence-electron chi connectivity index (χ3n) is 5.00. The fourth-order valence-corrected chi connectivity index (χ4v) is 4.43. The minimum Gasteiger partial charge on any atom is -0.495 e. The van der Waals surface area contributed by atoms with Crippen molar-refractivity contribution in [1.82, 2.24) is 4.90 Å². The highest BCUT2D eigenvalue weighted by atomic mass is 35.5. The van der Waals surface area contributed by atoms with Crippen LogP contribution in [-0.2, 0) is 10.0 Å². The van der Waals surface area contributed by atoms with Crippen molar-refractivity contribution in [3.05, 3.63) is 42.0 Å². The van der Waals surface area contributed by atoms with Gasteiger partial charge in [0.15, 0.2) is 0 Å². The summed E-state index contributed by atoms with van der Waals surface area (Å²) in [6.45, 7) is 5.30. The molecule has 0 atom stereocenters. The van der Waals surface area contributed by atoms with Crippen molar-refractivity contribution < 1.29 is 17.9 Å². The number of benzene rings is 2. The van der Waals surface area contributed by atoms with Gasteiger partial charge in [0, 0.05) is 26.2 Å². The Morgan fingerprint density at radius 2 is 1.62 bits per heavy atom. The van der Waals surface area contributed by atoms with Gasteiger partial charge in [0.1, 0.15) is 11.5 Å². The highest BCUT2D eigenvalue weighted by molar-refractivity contribution is 7.92. The van der Waals surface area contributed by atoms with Crippen molar-refractivity contribution in [3.63, 3.8) is 0 Å². The fourth-order valence-electron chi connectivity index (χ4n) is 3.27. The Balaban J connectivity index is 0.00000300. The first kappa shape index (κ1) is 23.1. The monoisotopic (exact) mass is 441 g/mol. The van der Waals surface area contributed by atoms with Gasteiger partial charge in [-0.1, -0.05) is 12.1 Å². The number of aryl methyl sites for hydroxylation is 1. The second kappa shape index (κ2) is 9.56. The van der Waals surface area contributed by atoms with Gasteiger partial charge in [-0.15, -0.1) is 12.4 Å². The van der Waals surface area contributed by atoms with Gasteiger partial charge in [-0.2, -0.15) is 0 Å². The van der Waals surface area contributed by atoms with Gasteiger partial charge in [-0.25, -0.2) is 8.42 Å². The number of para-hydroxylation sites is 1. The lowest BCUT2D eigenvalue weighted by Crippen LogP contribution is -2.44. The molecule has 2 aromatic rings. The van der Waals surface area contributed by atoms with Crippen LogP contribution >= 0.6 is 12.4 Å². The van der Waals surface area contributed by atoms with E-state index >= 15 is 0 Å². The maximum Gasteiger partial charge on any atom is 0.262 e. The van der Waals surface area contributed by atoms with Crippen LogP contribution in [0.2, 0.25) is 0 Å². The first-order valence-corrected chi connectivity index (χ1v) is 10.6. The van der Waals surface area contributed by atoms with Gasteiger partial charge in [0.05, 0.1) is 30.5 Å².